The Morgan fingerprint density at radius 1 is 1.33 bits per heavy atom. The molecule has 0 aliphatic carbocycles. The highest BCUT2D eigenvalue weighted by molar-refractivity contribution is 5.56. The van der Waals surface area contributed by atoms with E-state index in [9.17, 15) is 0 Å². The second-order valence-electron chi connectivity index (χ2n) is 4.64. The maximum Gasteiger partial charge on any atom is 0.119 e. The lowest BCUT2D eigenvalue weighted by atomic mass is 9.95. The lowest BCUT2D eigenvalue weighted by molar-refractivity contribution is 0.741. The monoisotopic (exact) mass is 239 g/mol. The Hall–Kier alpha value is -2.21. The Morgan fingerprint density at radius 2 is 2.00 bits per heavy atom. The third-order valence-electron chi connectivity index (χ3n) is 3.37. The third kappa shape index (κ3) is 2.23. The van der Waals surface area contributed by atoms with Crippen molar-refractivity contribution < 1.29 is 0 Å². The first kappa shape index (κ1) is 12.3. The highest BCUT2D eigenvalue weighted by atomic mass is 14.9. The first-order chi connectivity index (χ1) is 8.63. The van der Waals surface area contributed by atoms with Crippen molar-refractivity contribution in [2.45, 2.75) is 26.2 Å². The molecule has 0 radical (unpaired) electrons. The van der Waals surface area contributed by atoms with Gasteiger partial charge in [0.2, 0.25) is 0 Å². The van der Waals surface area contributed by atoms with E-state index in [-0.39, 0.29) is 0 Å². The number of hydrogen-bond acceptors (Lipinski definition) is 2. The predicted molar refractivity (Wildman–Crippen MR) is 73.2 cm³/mol. The van der Waals surface area contributed by atoms with E-state index in [1.54, 1.807) is 0 Å². The summed E-state index contributed by atoms with van der Waals surface area (Å²) in [4.78, 5) is 3.12. The zero-order valence-electron chi connectivity index (χ0n) is 10.7. The summed E-state index contributed by atoms with van der Waals surface area (Å²) in [5.41, 5.74) is 9.68. The van der Waals surface area contributed by atoms with Crippen LogP contribution in [0.15, 0.2) is 30.3 Å². The van der Waals surface area contributed by atoms with Gasteiger partial charge in [-0.2, -0.15) is 5.26 Å². The number of nitriles is 1. The summed E-state index contributed by atoms with van der Waals surface area (Å²) < 4.78 is 0. The van der Waals surface area contributed by atoms with Crippen molar-refractivity contribution >= 4 is 5.82 Å². The standard InChI is InChI=1S/C15H17N3/c1-10(12-6-4-3-5-7-12)8-14-11(2)13(9-16)15(17)18-14/h3-7,10,18H,8,17H2,1-2H3. The number of aromatic amines is 1. The molecule has 0 spiro atoms. The molecule has 3 N–H and O–H groups in total. The van der Waals surface area contributed by atoms with E-state index in [4.69, 9.17) is 11.0 Å². The second kappa shape index (κ2) is 4.97. The van der Waals surface area contributed by atoms with Gasteiger partial charge in [0.1, 0.15) is 11.9 Å². The van der Waals surface area contributed by atoms with Gasteiger partial charge in [0.15, 0.2) is 0 Å². The smallest absolute Gasteiger partial charge is 0.119 e. The lowest BCUT2D eigenvalue weighted by Gasteiger charge is -2.11. The van der Waals surface area contributed by atoms with Gasteiger partial charge in [-0.15, -0.1) is 0 Å². The van der Waals surface area contributed by atoms with Crippen LogP contribution in [0.5, 0.6) is 0 Å². The van der Waals surface area contributed by atoms with E-state index in [0.29, 0.717) is 17.3 Å². The van der Waals surface area contributed by atoms with Crippen molar-refractivity contribution in [3.05, 3.63) is 52.7 Å². The molecule has 3 nitrogen and oxygen atoms in total. The van der Waals surface area contributed by atoms with E-state index in [0.717, 1.165) is 17.7 Å². The molecule has 3 heteroatoms. The predicted octanol–water partition coefficient (Wildman–Crippen LogP) is 3.12. The minimum atomic E-state index is 0.398. The topological polar surface area (TPSA) is 65.6 Å². The molecule has 0 fully saturated rings. The first-order valence-electron chi connectivity index (χ1n) is 6.05. The normalized spacial score (nSPS) is 12.1. The summed E-state index contributed by atoms with van der Waals surface area (Å²) in [5.74, 6) is 0.875. The largest absolute Gasteiger partial charge is 0.384 e. The Morgan fingerprint density at radius 3 is 2.56 bits per heavy atom. The number of nitrogens with one attached hydrogen (secondary N) is 1. The number of H-pyrrole nitrogens is 1. The van der Waals surface area contributed by atoms with E-state index < -0.39 is 0 Å². The van der Waals surface area contributed by atoms with Gasteiger partial charge < -0.3 is 10.7 Å². The zero-order valence-corrected chi connectivity index (χ0v) is 10.7. The fourth-order valence-corrected chi connectivity index (χ4v) is 2.23. The molecular formula is C15H17N3. The van der Waals surface area contributed by atoms with Gasteiger partial charge in [-0.05, 0) is 30.4 Å². The van der Waals surface area contributed by atoms with Gasteiger partial charge in [0, 0.05) is 5.69 Å². The number of nitrogens with two attached hydrogens (primary N) is 1. The highest BCUT2D eigenvalue weighted by Crippen LogP contribution is 2.25. The maximum atomic E-state index is 9.01. The van der Waals surface area contributed by atoms with E-state index in [2.05, 4.69) is 30.1 Å². The fraction of sp³-hybridized carbons (Fsp3) is 0.267. The number of rotatable bonds is 3. The lowest BCUT2D eigenvalue weighted by Crippen LogP contribution is -2.00. The van der Waals surface area contributed by atoms with Crippen LogP contribution in [0.3, 0.4) is 0 Å². The molecule has 0 amide bonds. The molecule has 0 aliphatic rings. The highest BCUT2D eigenvalue weighted by Gasteiger charge is 2.14. The third-order valence-corrected chi connectivity index (χ3v) is 3.37. The van der Waals surface area contributed by atoms with Crippen LogP contribution in [-0.4, -0.2) is 4.98 Å². The Bertz CT molecular complexity index is 576. The molecule has 92 valence electrons. The summed E-state index contributed by atoms with van der Waals surface area (Å²) in [6.45, 7) is 4.12. The number of aromatic nitrogens is 1. The summed E-state index contributed by atoms with van der Waals surface area (Å²) >= 11 is 0. The molecule has 0 saturated heterocycles. The average Bonchev–Trinajstić information content (AvgIpc) is 2.65. The molecule has 0 aliphatic heterocycles. The number of hydrogen-bond donors (Lipinski definition) is 2. The number of nitrogens with zero attached hydrogens (tertiary/aromatic N) is 1. The van der Waals surface area contributed by atoms with Crippen LogP contribution in [0.25, 0.3) is 0 Å². The Balaban J connectivity index is 2.23. The van der Waals surface area contributed by atoms with Crippen molar-refractivity contribution in [2.24, 2.45) is 0 Å². The molecule has 1 aromatic heterocycles. The summed E-state index contributed by atoms with van der Waals surface area (Å²) in [5, 5.41) is 9.01. The summed E-state index contributed by atoms with van der Waals surface area (Å²) in [6, 6.07) is 12.5. The summed E-state index contributed by atoms with van der Waals surface area (Å²) in [6.07, 6.45) is 0.863. The molecule has 2 rings (SSSR count). The van der Waals surface area contributed by atoms with Crippen LogP contribution in [0.1, 0.15) is 35.2 Å². The van der Waals surface area contributed by atoms with Gasteiger partial charge in [-0.25, -0.2) is 0 Å². The van der Waals surface area contributed by atoms with Crippen molar-refractivity contribution in [1.82, 2.24) is 4.98 Å². The zero-order chi connectivity index (χ0) is 13.1. The van der Waals surface area contributed by atoms with Gasteiger partial charge in [-0.3, -0.25) is 0 Å². The number of anilines is 1. The van der Waals surface area contributed by atoms with Crippen LogP contribution in [0, 0.1) is 18.3 Å². The molecular weight excluding hydrogens is 222 g/mol. The molecule has 1 heterocycles. The average molecular weight is 239 g/mol. The Kier molecular flexibility index (Phi) is 3.38. The van der Waals surface area contributed by atoms with Gasteiger partial charge in [0.05, 0.1) is 5.56 Å². The van der Waals surface area contributed by atoms with Crippen LogP contribution in [0.2, 0.25) is 0 Å². The van der Waals surface area contributed by atoms with Gasteiger partial charge >= 0.3 is 0 Å². The van der Waals surface area contributed by atoms with Crippen molar-refractivity contribution in [3.8, 4) is 6.07 Å². The quantitative estimate of drug-likeness (QED) is 0.864. The van der Waals surface area contributed by atoms with Crippen LogP contribution in [-0.2, 0) is 6.42 Å². The van der Waals surface area contributed by atoms with E-state index >= 15 is 0 Å². The van der Waals surface area contributed by atoms with Crippen LogP contribution < -0.4 is 5.73 Å². The SMILES string of the molecule is Cc1c(CC(C)c2ccccc2)[nH]c(N)c1C#N. The molecule has 1 atom stereocenters. The first-order valence-corrected chi connectivity index (χ1v) is 6.05. The van der Waals surface area contributed by atoms with Crippen molar-refractivity contribution in [1.29, 1.82) is 5.26 Å². The molecule has 2 aromatic rings. The number of nitrogen functional groups attached to an aromatic ring is 1. The molecule has 0 saturated carbocycles. The molecule has 0 bridgehead atoms. The van der Waals surface area contributed by atoms with Gasteiger partial charge in [0.25, 0.3) is 0 Å². The van der Waals surface area contributed by atoms with Crippen LogP contribution in [0.4, 0.5) is 5.82 Å². The van der Waals surface area contributed by atoms with Crippen molar-refractivity contribution in [2.75, 3.05) is 5.73 Å². The van der Waals surface area contributed by atoms with Crippen LogP contribution >= 0.6 is 0 Å². The molecule has 18 heavy (non-hydrogen) atoms. The van der Waals surface area contributed by atoms with E-state index in [1.165, 1.54) is 5.56 Å². The minimum absolute atomic E-state index is 0.398. The van der Waals surface area contributed by atoms with E-state index in [1.807, 2.05) is 25.1 Å². The fourth-order valence-electron chi connectivity index (χ4n) is 2.23. The molecule has 1 aromatic carbocycles. The van der Waals surface area contributed by atoms with Crippen molar-refractivity contribution in [3.63, 3.8) is 0 Å². The Labute approximate surface area is 107 Å². The maximum absolute atomic E-state index is 9.01. The second-order valence-corrected chi connectivity index (χ2v) is 4.64. The van der Waals surface area contributed by atoms with Gasteiger partial charge in [-0.1, -0.05) is 37.3 Å². The summed E-state index contributed by atoms with van der Waals surface area (Å²) in [7, 11) is 0. The minimum Gasteiger partial charge on any atom is -0.384 e. The molecule has 1 unspecified atom stereocenters. The number of benzene rings is 1.